The highest BCUT2D eigenvalue weighted by molar-refractivity contribution is 8.00. The molecule has 4 heterocycles. The van der Waals surface area contributed by atoms with Gasteiger partial charge in [-0.05, 0) is 18.4 Å². The fourth-order valence-electron chi connectivity index (χ4n) is 3.87. The molecule has 0 bridgehead atoms. The van der Waals surface area contributed by atoms with Gasteiger partial charge in [0.15, 0.2) is 10.8 Å². The fourth-order valence-corrected chi connectivity index (χ4v) is 5.82. The van der Waals surface area contributed by atoms with E-state index in [1.165, 1.54) is 30.7 Å². The van der Waals surface area contributed by atoms with Gasteiger partial charge in [-0.25, -0.2) is 9.78 Å². The van der Waals surface area contributed by atoms with Crippen LogP contribution in [0.1, 0.15) is 25.5 Å². The van der Waals surface area contributed by atoms with Gasteiger partial charge in [0.05, 0.1) is 6.10 Å². The van der Waals surface area contributed by atoms with Crippen LogP contribution in [0.4, 0.5) is 5.13 Å². The number of nitrogen functional groups attached to an aromatic ring is 1. The molecule has 1 aromatic heterocycles. The molecule has 1 aromatic rings. The lowest BCUT2D eigenvalue weighted by atomic mass is 9.99. The summed E-state index contributed by atoms with van der Waals surface area (Å²) in [5, 5.41) is 7.60. The van der Waals surface area contributed by atoms with Crippen molar-refractivity contribution in [2.45, 2.75) is 37.3 Å². The van der Waals surface area contributed by atoms with E-state index in [0.29, 0.717) is 24.4 Å². The first-order chi connectivity index (χ1) is 16.8. The summed E-state index contributed by atoms with van der Waals surface area (Å²) >= 11 is 2.52. The first kappa shape index (κ1) is 24.9. The Balaban J connectivity index is 1.53. The molecule has 2 fully saturated rings. The number of fused-ring (bicyclic) bond motifs is 1. The van der Waals surface area contributed by atoms with Gasteiger partial charge in [0.1, 0.15) is 29.9 Å². The Morgan fingerprint density at radius 1 is 1.37 bits per heavy atom. The number of ether oxygens (including phenoxy) is 3. The number of nitrogens with zero attached hydrogens (tertiary/aromatic N) is 3. The molecule has 188 valence electrons. The van der Waals surface area contributed by atoms with Gasteiger partial charge in [-0.15, -0.1) is 23.1 Å². The lowest BCUT2D eigenvalue weighted by molar-refractivity contribution is -0.166. The second-order valence-electron chi connectivity index (χ2n) is 7.62. The number of thioether (sulfide) groups is 1. The van der Waals surface area contributed by atoms with Crippen LogP contribution < -0.4 is 11.1 Å². The molecule has 0 aliphatic carbocycles. The molecule has 3 atom stereocenters. The summed E-state index contributed by atoms with van der Waals surface area (Å²) in [4.78, 5) is 60.1. The molecule has 35 heavy (non-hydrogen) atoms. The fraction of sp³-hybridized carbons (Fsp3) is 0.500. The van der Waals surface area contributed by atoms with E-state index in [1.54, 1.807) is 5.38 Å². The summed E-state index contributed by atoms with van der Waals surface area (Å²) < 4.78 is 15.5. The maximum absolute atomic E-state index is 13.1. The van der Waals surface area contributed by atoms with Gasteiger partial charge in [0.2, 0.25) is 6.79 Å². The maximum atomic E-state index is 13.1. The number of nitrogens with one attached hydrogen (secondary N) is 1. The van der Waals surface area contributed by atoms with Gasteiger partial charge in [0, 0.05) is 24.7 Å². The number of thiazole rings is 1. The standard InChI is InChI=1S/C20H23N5O8S2/c1-9(26)32-8-33-19(29)15-10(12-4-3-5-31-12)6-34-18-14(17(28)25(15)18)23-16(27)13(24-30-2)11-7-35-20(21)22-11/h7,12,14,18H,3-6,8H2,1-2H3,(H2,21,22)(H,23,27)/b24-13-/t12?,14-,18-/m1/s1. The molecule has 2 amide bonds. The quantitative estimate of drug-likeness (QED) is 0.153. The summed E-state index contributed by atoms with van der Waals surface area (Å²) in [7, 11) is 1.28. The van der Waals surface area contributed by atoms with Crippen molar-refractivity contribution in [3.8, 4) is 0 Å². The highest BCUT2D eigenvalue weighted by Crippen LogP contribution is 2.43. The van der Waals surface area contributed by atoms with E-state index in [0.717, 1.165) is 17.8 Å². The van der Waals surface area contributed by atoms with Crippen molar-refractivity contribution in [2.75, 3.05) is 32.0 Å². The zero-order chi connectivity index (χ0) is 25.1. The molecule has 3 N–H and O–H groups in total. The summed E-state index contributed by atoms with van der Waals surface area (Å²) in [6.45, 7) is 1.16. The van der Waals surface area contributed by atoms with Crippen molar-refractivity contribution in [1.29, 1.82) is 0 Å². The van der Waals surface area contributed by atoms with Crippen LogP contribution in [0.2, 0.25) is 0 Å². The van der Waals surface area contributed by atoms with E-state index in [9.17, 15) is 19.2 Å². The van der Waals surface area contributed by atoms with Crippen LogP contribution in [-0.4, -0.2) is 83.1 Å². The smallest absolute Gasteiger partial charge is 0.358 e. The number of carbonyl (C=O) groups is 4. The molecule has 0 saturated carbocycles. The Kier molecular flexibility index (Phi) is 7.57. The monoisotopic (exact) mass is 525 g/mol. The number of carbonyl (C=O) groups excluding carboxylic acids is 4. The number of esters is 2. The highest BCUT2D eigenvalue weighted by Gasteiger charge is 2.55. The van der Waals surface area contributed by atoms with Crippen molar-refractivity contribution in [1.82, 2.24) is 15.2 Å². The van der Waals surface area contributed by atoms with E-state index >= 15 is 0 Å². The number of rotatable bonds is 8. The molecular formula is C20H23N5O8S2. The number of oxime groups is 1. The third-order valence-corrected chi connectivity index (χ3v) is 7.39. The average Bonchev–Trinajstić information content (AvgIpc) is 3.51. The number of aromatic nitrogens is 1. The molecule has 0 radical (unpaired) electrons. The first-order valence-electron chi connectivity index (χ1n) is 10.5. The van der Waals surface area contributed by atoms with E-state index in [4.69, 9.17) is 24.8 Å². The Labute approximate surface area is 208 Å². The number of anilines is 1. The molecule has 3 aliphatic rings. The van der Waals surface area contributed by atoms with Crippen molar-refractivity contribution in [2.24, 2.45) is 5.16 Å². The number of β-lactam (4-membered cyclic amide) rings is 1. The largest absolute Gasteiger partial charge is 0.428 e. The average molecular weight is 526 g/mol. The van der Waals surface area contributed by atoms with Gasteiger partial charge >= 0.3 is 11.9 Å². The molecule has 3 aliphatic heterocycles. The Hall–Kier alpha value is -3.17. The topological polar surface area (TPSA) is 172 Å². The lowest BCUT2D eigenvalue weighted by Gasteiger charge is -2.50. The van der Waals surface area contributed by atoms with Crippen LogP contribution in [0.5, 0.6) is 0 Å². The lowest BCUT2D eigenvalue weighted by Crippen LogP contribution is -2.71. The Bertz CT molecular complexity index is 1100. The van der Waals surface area contributed by atoms with E-state index in [1.807, 2.05) is 0 Å². The van der Waals surface area contributed by atoms with Crippen LogP contribution in [-0.2, 0) is 38.2 Å². The third-order valence-electron chi connectivity index (χ3n) is 5.41. The predicted molar refractivity (Wildman–Crippen MR) is 124 cm³/mol. The molecule has 0 spiro atoms. The van der Waals surface area contributed by atoms with Crippen LogP contribution in [0.3, 0.4) is 0 Å². The van der Waals surface area contributed by atoms with Crippen LogP contribution in [0, 0.1) is 0 Å². The van der Waals surface area contributed by atoms with Gasteiger partial charge in [0.25, 0.3) is 11.8 Å². The second-order valence-corrected chi connectivity index (χ2v) is 9.61. The molecule has 1 unspecified atom stereocenters. The van der Waals surface area contributed by atoms with E-state index < -0.39 is 42.0 Å². The number of hydrogen-bond donors (Lipinski definition) is 2. The van der Waals surface area contributed by atoms with Crippen molar-refractivity contribution in [3.05, 3.63) is 22.3 Å². The molecule has 0 aromatic carbocycles. The van der Waals surface area contributed by atoms with Crippen LogP contribution >= 0.6 is 23.1 Å². The number of nitrogens with two attached hydrogens (primary N) is 1. The summed E-state index contributed by atoms with van der Waals surface area (Å²) in [5.41, 5.74) is 6.41. The van der Waals surface area contributed by atoms with Gasteiger partial charge < -0.3 is 30.1 Å². The molecule has 13 nitrogen and oxygen atoms in total. The molecule has 2 saturated heterocycles. The number of hydrogen-bond acceptors (Lipinski definition) is 13. The maximum Gasteiger partial charge on any atom is 0.358 e. The molecular weight excluding hydrogens is 502 g/mol. The molecule has 15 heteroatoms. The summed E-state index contributed by atoms with van der Waals surface area (Å²) in [5.74, 6) is -2.20. The van der Waals surface area contributed by atoms with Crippen molar-refractivity contribution < 1.29 is 38.2 Å². The Morgan fingerprint density at radius 3 is 2.80 bits per heavy atom. The van der Waals surface area contributed by atoms with E-state index in [-0.39, 0.29) is 28.3 Å². The zero-order valence-corrected chi connectivity index (χ0v) is 20.5. The first-order valence-corrected chi connectivity index (χ1v) is 12.5. The van der Waals surface area contributed by atoms with Crippen molar-refractivity contribution >= 4 is 57.7 Å². The Morgan fingerprint density at radius 2 is 2.17 bits per heavy atom. The van der Waals surface area contributed by atoms with E-state index in [2.05, 4.69) is 15.5 Å². The number of amides is 2. The minimum atomic E-state index is -0.923. The second kappa shape index (κ2) is 10.6. The SMILES string of the molecule is CO/N=C(\C(=O)N[C@@H]1C(=O)N2C(C(=O)OCOC(C)=O)=C(C3CCCO3)CS[C@H]12)c1csc(N)n1. The van der Waals surface area contributed by atoms with Gasteiger partial charge in [-0.2, -0.15) is 0 Å². The van der Waals surface area contributed by atoms with Crippen LogP contribution in [0.15, 0.2) is 21.8 Å². The molecule has 4 rings (SSSR count). The minimum absolute atomic E-state index is 0.0568. The predicted octanol–water partition coefficient (Wildman–Crippen LogP) is -0.0274. The van der Waals surface area contributed by atoms with Crippen LogP contribution in [0.25, 0.3) is 0 Å². The third kappa shape index (κ3) is 5.11. The van der Waals surface area contributed by atoms with Crippen molar-refractivity contribution in [3.63, 3.8) is 0 Å². The summed E-state index contributed by atoms with van der Waals surface area (Å²) in [6, 6.07) is -0.923. The van der Waals surface area contributed by atoms with Gasteiger partial charge in [-0.1, -0.05) is 5.16 Å². The zero-order valence-electron chi connectivity index (χ0n) is 18.8. The highest BCUT2D eigenvalue weighted by atomic mass is 32.2. The van der Waals surface area contributed by atoms with Gasteiger partial charge in [-0.3, -0.25) is 19.3 Å². The summed E-state index contributed by atoms with van der Waals surface area (Å²) in [6.07, 6.45) is 1.21. The minimum Gasteiger partial charge on any atom is -0.428 e. The normalized spacial score (nSPS) is 23.9.